The Labute approximate surface area is 176 Å². The van der Waals surface area contributed by atoms with Gasteiger partial charge < -0.3 is 10.2 Å². The molecule has 0 saturated heterocycles. The maximum atomic E-state index is 11.5. The summed E-state index contributed by atoms with van der Waals surface area (Å²) in [7, 11) is 0. The minimum Gasteiger partial charge on any atom is -0.871 e. The van der Waals surface area contributed by atoms with E-state index >= 15 is 0 Å². The summed E-state index contributed by atoms with van der Waals surface area (Å²) in [6.07, 6.45) is 2.72. The Morgan fingerprint density at radius 1 is 0.593 bits per heavy atom. The van der Waals surface area contributed by atoms with Gasteiger partial charge in [0.1, 0.15) is 0 Å². The normalized spacial score (nSPS) is 13.9. The first-order chi connectivity index (χ1) is 11.1. The molecular formula is C20H40N4NiO2+2. The molecule has 0 aromatic carbocycles. The molecule has 0 aromatic heterocycles. The maximum Gasteiger partial charge on any atom is 2.00 e. The molecule has 0 bridgehead atoms. The van der Waals surface area contributed by atoms with Gasteiger partial charge in [-0.25, -0.2) is 0 Å². The number of nitrogens with zero attached hydrogens (tertiary/aromatic N) is 2. The van der Waals surface area contributed by atoms with Crippen LogP contribution in [0.25, 0.3) is 0 Å². The summed E-state index contributed by atoms with van der Waals surface area (Å²) in [6.45, 7) is 22.5. The minimum absolute atomic E-state index is 0. The second-order valence-electron chi connectivity index (χ2n) is 10.6. The summed E-state index contributed by atoms with van der Waals surface area (Å²) in [4.78, 5) is 0. The number of allylic oxidation sites excluding steroid dienone is 2. The van der Waals surface area contributed by atoms with Gasteiger partial charge in [0.05, 0.1) is 0 Å². The third-order valence-electron chi connectivity index (χ3n) is 3.42. The fourth-order valence-corrected chi connectivity index (χ4v) is 1.01. The first-order valence-corrected chi connectivity index (χ1v) is 8.90. The van der Waals surface area contributed by atoms with Crippen molar-refractivity contribution in [3.63, 3.8) is 0 Å². The zero-order valence-corrected chi connectivity index (χ0v) is 20.2. The maximum absolute atomic E-state index is 11.5. The van der Waals surface area contributed by atoms with Crippen LogP contribution in [0.3, 0.4) is 0 Å². The second-order valence-corrected chi connectivity index (χ2v) is 10.6. The molecular weight excluding hydrogens is 387 g/mol. The molecule has 0 spiro atoms. The fourth-order valence-electron chi connectivity index (χ4n) is 1.01. The molecule has 2 N–H and O–H groups in total. The molecule has 27 heavy (non-hydrogen) atoms. The average Bonchev–Trinajstić information content (AvgIpc) is 2.34. The Kier molecular flexibility index (Phi) is 11.7. The van der Waals surface area contributed by atoms with Crippen molar-refractivity contribution in [3.05, 3.63) is 23.9 Å². The van der Waals surface area contributed by atoms with Crippen LogP contribution in [0.1, 0.15) is 83.1 Å². The molecule has 0 aromatic rings. The molecule has 160 valence electrons. The zero-order valence-electron chi connectivity index (χ0n) is 19.2. The summed E-state index contributed by atoms with van der Waals surface area (Å²) in [6, 6.07) is 0. The van der Waals surface area contributed by atoms with E-state index in [-0.39, 0.29) is 39.1 Å². The molecule has 0 radical (unpaired) electrons. The predicted octanol–water partition coefficient (Wildman–Crippen LogP) is 4.15. The van der Waals surface area contributed by atoms with Crippen LogP contribution in [-0.2, 0) is 16.5 Å². The summed E-state index contributed by atoms with van der Waals surface area (Å²) in [5, 5.41) is 23.0. The Bertz CT molecular complexity index is 515. The SMILES string of the molecule is CC(C)(C)C([O-])=C[N+](=N)C(C)(C)C.CC(C)(C)C([O-])=C[N+](=N)C(C)(C)C.[Ni+2]. The van der Waals surface area contributed by atoms with E-state index in [1.54, 1.807) is 0 Å². The third kappa shape index (κ3) is 13.6. The van der Waals surface area contributed by atoms with Gasteiger partial charge in [-0.15, -0.1) is 0 Å². The van der Waals surface area contributed by atoms with Crippen molar-refractivity contribution in [3.8, 4) is 0 Å². The van der Waals surface area contributed by atoms with Gasteiger partial charge in [-0.3, -0.25) is 0 Å². The summed E-state index contributed by atoms with van der Waals surface area (Å²) < 4.78 is 2.42. The van der Waals surface area contributed by atoms with Gasteiger partial charge in [0, 0.05) is 41.5 Å². The van der Waals surface area contributed by atoms with Crippen molar-refractivity contribution in [2.45, 2.75) is 94.2 Å². The molecule has 0 aliphatic carbocycles. The minimum atomic E-state index is -0.398. The van der Waals surface area contributed by atoms with E-state index in [0.717, 1.165) is 0 Å². The molecule has 0 fully saturated rings. The van der Waals surface area contributed by atoms with Gasteiger partial charge in [-0.05, 0) is 10.8 Å². The van der Waals surface area contributed by atoms with Gasteiger partial charge in [-0.1, -0.05) is 73.5 Å². The van der Waals surface area contributed by atoms with Crippen molar-refractivity contribution < 1.29 is 36.1 Å². The number of nitrogens with one attached hydrogen (secondary N) is 2. The van der Waals surface area contributed by atoms with E-state index in [9.17, 15) is 10.2 Å². The Hall–Kier alpha value is -1.23. The smallest absolute Gasteiger partial charge is 0.871 e. The van der Waals surface area contributed by atoms with Crippen molar-refractivity contribution in [2.24, 2.45) is 10.8 Å². The van der Waals surface area contributed by atoms with Crippen molar-refractivity contribution in [2.75, 3.05) is 0 Å². The Morgan fingerprint density at radius 3 is 0.889 bits per heavy atom. The quantitative estimate of drug-likeness (QED) is 0.300. The van der Waals surface area contributed by atoms with Crippen molar-refractivity contribution in [1.82, 2.24) is 0 Å². The monoisotopic (exact) mass is 426 g/mol. The summed E-state index contributed by atoms with van der Waals surface area (Å²) in [5.74, 6) is -0.0325. The summed E-state index contributed by atoms with van der Waals surface area (Å²) in [5.41, 5.74) is 13.7. The average molecular weight is 427 g/mol. The number of hydrogen-bond acceptors (Lipinski definition) is 4. The van der Waals surface area contributed by atoms with Crippen molar-refractivity contribution >= 4 is 0 Å². The van der Waals surface area contributed by atoms with Crippen LogP contribution in [-0.4, -0.2) is 20.5 Å². The van der Waals surface area contributed by atoms with Crippen LogP contribution < -0.4 is 10.2 Å². The molecule has 0 atom stereocenters. The number of rotatable bonds is 2. The molecule has 0 aliphatic heterocycles. The van der Waals surface area contributed by atoms with Gasteiger partial charge >= 0.3 is 16.5 Å². The standard InChI is InChI=1S/2C10H20N2O.Ni/c2*1-9(2,3)8(13)7-12(11)10(4,5)6;/h2*7H,1-6H3,(H-,11,13);/q;;+2. The fraction of sp³-hybridized carbons (Fsp3) is 0.800. The summed E-state index contributed by atoms with van der Waals surface area (Å²) >= 11 is 0. The van der Waals surface area contributed by atoms with Crippen LogP contribution in [0, 0.1) is 21.9 Å². The third-order valence-corrected chi connectivity index (χ3v) is 3.42. The number of hydrogen-bond donors (Lipinski definition) is 2. The molecule has 0 amide bonds. The van der Waals surface area contributed by atoms with E-state index in [1.807, 2.05) is 83.1 Å². The molecule has 0 unspecified atom stereocenters. The van der Waals surface area contributed by atoms with Gasteiger partial charge in [-0.2, -0.15) is 0 Å². The molecule has 0 aliphatic rings. The van der Waals surface area contributed by atoms with Crippen LogP contribution in [0.5, 0.6) is 0 Å². The van der Waals surface area contributed by atoms with Crippen LogP contribution >= 0.6 is 0 Å². The molecule has 0 heterocycles. The molecule has 0 saturated carbocycles. The second kappa shape index (κ2) is 10.4. The first-order valence-electron chi connectivity index (χ1n) is 8.90. The Balaban J connectivity index is -0.000000411. The topological polar surface area (TPSA) is 99.8 Å². The first kappa shape index (κ1) is 30.5. The predicted molar refractivity (Wildman–Crippen MR) is 101 cm³/mol. The van der Waals surface area contributed by atoms with E-state index in [4.69, 9.17) is 11.1 Å². The van der Waals surface area contributed by atoms with Crippen molar-refractivity contribution in [1.29, 1.82) is 11.1 Å². The van der Waals surface area contributed by atoms with Crippen LogP contribution in [0.4, 0.5) is 0 Å². The molecule has 7 heteroatoms. The van der Waals surface area contributed by atoms with Crippen LogP contribution in [0.15, 0.2) is 23.9 Å². The molecule has 6 nitrogen and oxygen atoms in total. The Morgan fingerprint density at radius 2 is 0.778 bits per heavy atom. The van der Waals surface area contributed by atoms with Crippen LogP contribution in [0.2, 0.25) is 0 Å². The van der Waals surface area contributed by atoms with Gasteiger partial charge in [0.15, 0.2) is 23.5 Å². The van der Waals surface area contributed by atoms with E-state index in [1.165, 1.54) is 21.8 Å². The van der Waals surface area contributed by atoms with E-state index < -0.39 is 10.8 Å². The van der Waals surface area contributed by atoms with Gasteiger partial charge in [0.25, 0.3) is 0 Å². The van der Waals surface area contributed by atoms with Gasteiger partial charge in [0.2, 0.25) is 0 Å². The van der Waals surface area contributed by atoms with E-state index in [2.05, 4.69) is 0 Å². The zero-order chi connectivity index (χ0) is 21.7. The molecule has 0 rings (SSSR count). The largest absolute Gasteiger partial charge is 2.00 e. The van der Waals surface area contributed by atoms with E-state index in [0.29, 0.717) is 0 Å².